The normalized spacial score (nSPS) is 15.2. The molecule has 0 radical (unpaired) electrons. The molecule has 0 N–H and O–H groups in total. The van der Waals surface area contributed by atoms with Gasteiger partial charge in [0.1, 0.15) is 0 Å². The van der Waals surface area contributed by atoms with Crippen LogP contribution in [0.25, 0.3) is 0 Å². The van der Waals surface area contributed by atoms with Gasteiger partial charge in [-0.15, -0.1) is 0 Å². The van der Waals surface area contributed by atoms with E-state index in [1.807, 2.05) is 27.7 Å². The summed E-state index contributed by atoms with van der Waals surface area (Å²) in [6, 6.07) is -0.0731. The fourth-order valence-corrected chi connectivity index (χ4v) is 1.15. The molecule has 0 aliphatic carbocycles. The van der Waals surface area contributed by atoms with Gasteiger partial charge in [0, 0.05) is 6.04 Å². The van der Waals surface area contributed by atoms with Crippen LogP contribution in [0.15, 0.2) is 0 Å². The largest absolute Gasteiger partial charge is 1.00 e. The van der Waals surface area contributed by atoms with Gasteiger partial charge in [-0.1, -0.05) is 20.8 Å². The van der Waals surface area contributed by atoms with Crippen LogP contribution >= 0.6 is 0 Å². The fraction of sp³-hybridized carbons (Fsp3) is 1.00. The van der Waals surface area contributed by atoms with Crippen molar-refractivity contribution in [1.29, 1.82) is 0 Å². The first-order valence-electron chi connectivity index (χ1n) is 4.45. The third-order valence-electron chi connectivity index (χ3n) is 2.41. The smallest absolute Gasteiger partial charge is 0.448 e. The molecule has 1 atom stereocenters. The third kappa shape index (κ3) is 7.71. The molecule has 0 saturated carbocycles. The second-order valence-corrected chi connectivity index (χ2v) is 4.69. The average molecular weight is 235 g/mol. The van der Waals surface area contributed by atoms with Gasteiger partial charge in [0.15, 0.2) is 0 Å². The van der Waals surface area contributed by atoms with Gasteiger partial charge in [0.25, 0.3) is 0 Å². The van der Waals surface area contributed by atoms with Gasteiger partial charge in [-0.05, 0) is 25.8 Å². The van der Waals surface area contributed by atoms with Crippen molar-refractivity contribution in [2.24, 2.45) is 5.41 Å². The molecule has 0 spiro atoms. The van der Waals surface area contributed by atoms with Gasteiger partial charge >= 0.3 is 58.4 Å². The molecule has 0 fully saturated rings. The zero-order valence-corrected chi connectivity index (χ0v) is 13.1. The van der Waals surface area contributed by atoms with E-state index in [0.717, 1.165) is 0 Å². The zero-order valence-electron chi connectivity index (χ0n) is 9.94. The molecular formula is C8H18BF3KN. The number of halogens is 3. The summed E-state index contributed by atoms with van der Waals surface area (Å²) in [4.78, 5) is 1.36. The van der Waals surface area contributed by atoms with Crippen molar-refractivity contribution in [2.75, 3.05) is 13.5 Å². The van der Waals surface area contributed by atoms with Gasteiger partial charge in [-0.2, -0.15) is 0 Å². The first-order valence-corrected chi connectivity index (χ1v) is 4.45. The van der Waals surface area contributed by atoms with E-state index in [1.165, 1.54) is 11.9 Å². The summed E-state index contributed by atoms with van der Waals surface area (Å²) < 4.78 is 36.2. The molecule has 0 bridgehead atoms. The Bertz CT molecular complexity index is 167. The number of hydrogen-bond donors (Lipinski definition) is 0. The Morgan fingerprint density at radius 2 is 1.57 bits per heavy atom. The molecule has 0 heterocycles. The van der Waals surface area contributed by atoms with E-state index in [9.17, 15) is 12.9 Å². The Morgan fingerprint density at radius 3 is 1.79 bits per heavy atom. The van der Waals surface area contributed by atoms with Crippen molar-refractivity contribution >= 4 is 6.98 Å². The summed E-state index contributed by atoms with van der Waals surface area (Å²) in [5.41, 5.74) is -0.115. The molecule has 0 aromatic heterocycles. The molecule has 0 amide bonds. The van der Waals surface area contributed by atoms with Crippen LogP contribution in [0, 0.1) is 5.41 Å². The SMILES string of the molecule is CC(N(C)C[B-](F)(F)F)C(C)(C)C.[K+]. The second kappa shape index (κ2) is 6.25. The summed E-state index contributed by atoms with van der Waals surface area (Å²) in [6.07, 6.45) is -0.779. The van der Waals surface area contributed by atoms with Crippen molar-refractivity contribution in [2.45, 2.75) is 33.7 Å². The maximum Gasteiger partial charge on any atom is 1.00 e. The maximum atomic E-state index is 12.1. The molecule has 80 valence electrons. The molecule has 0 aliphatic rings. The standard InChI is InChI=1S/C8H18BF3N.K/c1-7(8(2,3)4)13(5)6-9(10,11)12;/h7H,6H2,1-5H3;/q-1;+1. The number of rotatable bonds is 3. The Balaban J connectivity index is 0. The average Bonchev–Trinajstić information content (AvgIpc) is 1.79. The fourth-order valence-electron chi connectivity index (χ4n) is 1.15. The topological polar surface area (TPSA) is 3.24 Å². The summed E-state index contributed by atoms with van der Waals surface area (Å²) in [6.45, 7) is 2.94. The van der Waals surface area contributed by atoms with Crippen LogP contribution in [0.3, 0.4) is 0 Å². The first-order chi connectivity index (χ1) is 5.54. The number of nitrogens with zero attached hydrogens (tertiary/aromatic N) is 1. The predicted molar refractivity (Wildman–Crippen MR) is 50.6 cm³/mol. The van der Waals surface area contributed by atoms with E-state index < -0.39 is 13.4 Å². The number of hydrogen-bond acceptors (Lipinski definition) is 1. The zero-order chi connectivity index (χ0) is 10.9. The first kappa shape index (κ1) is 17.8. The Morgan fingerprint density at radius 1 is 1.21 bits per heavy atom. The minimum atomic E-state index is -4.70. The van der Waals surface area contributed by atoms with Crippen LogP contribution in [0.4, 0.5) is 12.9 Å². The van der Waals surface area contributed by atoms with E-state index in [2.05, 4.69) is 0 Å². The molecule has 0 saturated heterocycles. The van der Waals surface area contributed by atoms with Crippen LogP contribution < -0.4 is 51.4 Å². The molecule has 0 rings (SSSR count). The van der Waals surface area contributed by atoms with E-state index in [-0.39, 0.29) is 62.8 Å². The quantitative estimate of drug-likeness (QED) is 0.609. The van der Waals surface area contributed by atoms with Gasteiger partial charge in [-0.25, -0.2) is 0 Å². The Kier molecular flexibility index (Phi) is 7.96. The molecule has 1 nitrogen and oxygen atoms in total. The van der Waals surface area contributed by atoms with Gasteiger partial charge < -0.3 is 17.8 Å². The van der Waals surface area contributed by atoms with E-state index in [1.54, 1.807) is 0 Å². The monoisotopic (exact) mass is 235 g/mol. The summed E-state index contributed by atoms with van der Waals surface area (Å²) in [5, 5.41) is 0. The van der Waals surface area contributed by atoms with Gasteiger partial charge in [-0.3, -0.25) is 0 Å². The molecule has 0 aromatic rings. The van der Waals surface area contributed by atoms with Crippen LogP contribution in [0.5, 0.6) is 0 Å². The summed E-state index contributed by atoms with van der Waals surface area (Å²) in [7, 11) is 1.52. The molecular weight excluding hydrogens is 217 g/mol. The van der Waals surface area contributed by atoms with Crippen LogP contribution in [-0.2, 0) is 0 Å². The van der Waals surface area contributed by atoms with Crippen molar-refractivity contribution < 1.29 is 64.3 Å². The van der Waals surface area contributed by atoms with E-state index >= 15 is 0 Å². The molecule has 14 heavy (non-hydrogen) atoms. The molecule has 1 unspecified atom stereocenters. The summed E-state index contributed by atoms with van der Waals surface area (Å²) in [5.74, 6) is 0. The minimum Gasteiger partial charge on any atom is -0.448 e. The van der Waals surface area contributed by atoms with Crippen LogP contribution in [-0.4, -0.2) is 31.4 Å². The van der Waals surface area contributed by atoms with Crippen molar-refractivity contribution in [3.05, 3.63) is 0 Å². The predicted octanol–water partition coefficient (Wildman–Crippen LogP) is -0.257. The second-order valence-electron chi connectivity index (χ2n) is 4.69. The molecule has 0 aliphatic heterocycles. The third-order valence-corrected chi connectivity index (χ3v) is 2.41. The Labute approximate surface area is 127 Å². The summed E-state index contributed by atoms with van der Waals surface area (Å²) >= 11 is 0. The van der Waals surface area contributed by atoms with Crippen LogP contribution in [0.2, 0.25) is 0 Å². The Hall–Kier alpha value is 1.45. The van der Waals surface area contributed by atoms with Crippen molar-refractivity contribution in [3.63, 3.8) is 0 Å². The van der Waals surface area contributed by atoms with Gasteiger partial charge in [0.2, 0.25) is 0 Å². The maximum absolute atomic E-state index is 12.1. The van der Waals surface area contributed by atoms with E-state index in [4.69, 9.17) is 0 Å². The minimum absolute atomic E-state index is 0. The van der Waals surface area contributed by atoms with Crippen molar-refractivity contribution in [3.8, 4) is 0 Å². The van der Waals surface area contributed by atoms with E-state index in [0.29, 0.717) is 0 Å². The van der Waals surface area contributed by atoms with Crippen LogP contribution in [0.1, 0.15) is 27.7 Å². The van der Waals surface area contributed by atoms with Gasteiger partial charge in [0.05, 0.1) is 0 Å². The molecule has 6 heteroatoms. The molecule has 0 aromatic carbocycles. The van der Waals surface area contributed by atoms with Crippen molar-refractivity contribution in [1.82, 2.24) is 4.90 Å².